The first-order valence-corrected chi connectivity index (χ1v) is 8.62. The van der Waals surface area contributed by atoms with Crippen LogP contribution in [0.2, 0.25) is 0 Å². The number of nitrogens with one attached hydrogen (secondary N) is 1. The summed E-state index contributed by atoms with van der Waals surface area (Å²) in [6.07, 6.45) is 3.03. The molecule has 0 spiro atoms. The standard InChI is InChI=1S/C18H18F2N2O5/c19-13-6-5-10(7-14(13)20)21-15(23)9-27-16(24)8-22-17(25)11-3-1-2-4-12(11)18(22)26/h5-7,11-12H,1-4,8-9H2,(H,21,23)/t11-,12+. The number of halogens is 2. The molecule has 144 valence electrons. The van der Waals surface area contributed by atoms with E-state index in [1.807, 2.05) is 0 Å². The molecule has 2 aliphatic rings. The molecule has 1 aromatic carbocycles. The zero-order valence-corrected chi connectivity index (χ0v) is 14.4. The lowest BCUT2D eigenvalue weighted by molar-refractivity contribution is -0.154. The molecule has 1 N–H and O–H groups in total. The minimum atomic E-state index is -1.13. The van der Waals surface area contributed by atoms with Crippen LogP contribution >= 0.6 is 0 Å². The van der Waals surface area contributed by atoms with E-state index < -0.39 is 36.7 Å². The van der Waals surface area contributed by atoms with Crippen LogP contribution in [0.3, 0.4) is 0 Å². The van der Waals surface area contributed by atoms with E-state index in [1.54, 1.807) is 0 Å². The van der Waals surface area contributed by atoms with Gasteiger partial charge >= 0.3 is 5.97 Å². The highest BCUT2D eigenvalue weighted by atomic mass is 19.2. The molecule has 1 aromatic rings. The van der Waals surface area contributed by atoms with Crippen molar-refractivity contribution in [3.63, 3.8) is 0 Å². The largest absolute Gasteiger partial charge is 0.454 e. The minimum absolute atomic E-state index is 0.00363. The van der Waals surface area contributed by atoms with Crippen molar-refractivity contribution in [2.75, 3.05) is 18.5 Å². The van der Waals surface area contributed by atoms with Crippen molar-refractivity contribution in [2.24, 2.45) is 11.8 Å². The number of nitrogens with zero attached hydrogens (tertiary/aromatic N) is 1. The van der Waals surface area contributed by atoms with Gasteiger partial charge in [-0.1, -0.05) is 12.8 Å². The molecule has 3 rings (SSSR count). The molecule has 7 nitrogen and oxygen atoms in total. The summed E-state index contributed by atoms with van der Waals surface area (Å²) < 4.78 is 30.7. The molecule has 2 fully saturated rings. The Labute approximate surface area is 153 Å². The topological polar surface area (TPSA) is 92.8 Å². The van der Waals surface area contributed by atoms with Crippen molar-refractivity contribution in [3.8, 4) is 0 Å². The van der Waals surface area contributed by atoms with Crippen LogP contribution in [0.5, 0.6) is 0 Å². The molecule has 9 heteroatoms. The van der Waals surface area contributed by atoms with Gasteiger partial charge in [0.2, 0.25) is 11.8 Å². The monoisotopic (exact) mass is 380 g/mol. The quantitative estimate of drug-likeness (QED) is 0.619. The number of benzene rings is 1. The molecule has 2 atom stereocenters. The van der Waals surface area contributed by atoms with E-state index in [2.05, 4.69) is 5.32 Å². The lowest BCUT2D eigenvalue weighted by Crippen LogP contribution is -2.37. The number of esters is 1. The summed E-state index contributed by atoms with van der Waals surface area (Å²) in [5.74, 6) is -5.30. The van der Waals surface area contributed by atoms with Crippen LogP contribution in [0, 0.1) is 23.5 Å². The molecule has 1 heterocycles. The Hall–Kier alpha value is -2.84. The third kappa shape index (κ3) is 4.12. The van der Waals surface area contributed by atoms with E-state index in [4.69, 9.17) is 4.74 Å². The van der Waals surface area contributed by atoms with Gasteiger partial charge in [-0.05, 0) is 25.0 Å². The van der Waals surface area contributed by atoms with Gasteiger partial charge in [-0.3, -0.25) is 24.1 Å². The second kappa shape index (κ2) is 7.81. The zero-order chi connectivity index (χ0) is 19.6. The molecule has 1 saturated heterocycles. The smallest absolute Gasteiger partial charge is 0.326 e. The fourth-order valence-electron chi connectivity index (χ4n) is 3.48. The minimum Gasteiger partial charge on any atom is -0.454 e. The van der Waals surface area contributed by atoms with E-state index in [1.165, 1.54) is 0 Å². The van der Waals surface area contributed by atoms with Crippen molar-refractivity contribution in [1.82, 2.24) is 4.90 Å². The fourth-order valence-corrected chi connectivity index (χ4v) is 3.48. The number of rotatable bonds is 5. The van der Waals surface area contributed by atoms with Gasteiger partial charge in [0.25, 0.3) is 5.91 Å². The fraction of sp³-hybridized carbons (Fsp3) is 0.444. The number of hydrogen-bond acceptors (Lipinski definition) is 5. The van der Waals surface area contributed by atoms with E-state index >= 15 is 0 Å². The summed E-state index contributed by atoms with van der Waals surface area (Å²) in [6, 6.07) is 2.79. The molecule has 0 aromatic heterocycles. The van der Waals surface area contributed by atoms with Gasteiger partial charge in [-0.2, -0.15) is 0 Å². The lowest BCUT2D eigenvalue weighted by Gasteiger charge is -2.19. The van der Waals surface area contributed by atoms with Crippen molar-refractivity contribution in [2.45, 2.75) is 25.7 Å². The number of likely N-dealkylation sites (tertiary alicyclic amines) is 1. The van der Waals surface area contributed by atoms with Crippen LogP contribution in [0.4, 0.5) is 14.5 Å². The average Bonchev–Trinajstić information content (AvgIpc) is 2.88. The highest BCUT2D eigenvalue weighted by molar-refractivity contribution is 6.07. The number of imide groups is 1. The van der Waals surface area contributed by atoms with Crippen molar-refractivity contribution in [1.29, 1.82) is 0 Å². The van der Waals surface area contributed by atoms with Crippen LogP contribution in [-0.2, 0) is 23.9 Å². The predicted octanol–water partition coefficient (Wildman–Crippen LogP) is 1.62. The maximum atomic E-state index is 13.1. The first-order valence-electron chi connectivity index (χ1n) is 8.62. The molecule has 27 heavy (non-hydrogen) atoms. The van der Waals surface area contributed by atoms with Crippen molar-refractivity contribution in [3.05, 3.63) is 29.8 Å². The molecule has 3 amide bonds. The first-order chi connectivity index (χ1) is 12.9. The Morgan fingerprint density at radius 3 is 2.30 bits per heavy atom. The number of hydrogen-bond donors (Lipinski definition) is 1. The maximum Gasteiger partial charge on any atom is 0.326 e. The predicted molar refractivity (Wildman–Crippen MR) is 88.1 cm³/mol. The van der Waals surface area contributed by atoms with Gasteiger partial charge < -0.3 is 10.1 Å². The second-order valence-corrected chi connectivity index (χ2v) is 6.60. The van der Waals surface area contributed by atoms with Crippen LogP contribution in [0.1, 0.15) is 25.7 Å². The molecule has 1 saturated carbocycles. The van der Waals surface area contributed by atoms with Gasteiger partial charge in [0.15, 0.2) is 18.2 Å². The number of amides is 3. The van der Waals surface area contributed by atoms with Gasteiger partial charge in [0, 0.05) is 11.8 Å². The summed E-state index contributed by atoms with van der Waals surface area (Å²) in [7, 11) is 0. The molecular weight excluding hydrogens is 362 g/mol. The van der Waals surface area contributed by atoms with E-state index in [9.17, 15) is 28.0 Å². The molecule has 1 aliphatic heterocycles. The molecule has 0 radical (unpaired) electrons. The third-order valence-electron chi connectivity index (χ3n) is 4.79. The number of fused-ring (bicyclic) bond motifs is 1. The van der Waals surface area contributed by atoms with Crippen molar-refractivity contribution >= 4 is 29.4 Å². The Bertz CT molecular complexity index is 774. The molecule has 0 unspecified atom stereocenters. The second-order valence-electron chi connectivity index (χ2n) is 6.60. The van der Waals surface area contributed by atoms with Gasteiger partial charge in [0.05, 0.1) is 11.8 Å². The molecular formula is C18H18F2N2O5. The number of carbonyl (C=O) groups is 4. The molecule has 0 bridgehead atoms. The van der Waals surface area contributed by atoms with Crippen molar-refractivity contribution < 1.29 is 32.7 Å². The SMILES string of the molecule is O=C(COC(=O)CN1C(=O)[C@H]2CCCC[C@H]2C1=O)Nc1ccc(F)c(F)c1. The Morgan fingerprint density at radius 1 is 1.07 bits per heavy atom. The normalized spacial score (nSPS) is 21.8. The number of anilines is 1. The highest BCUT2D eigenvalue weighted by Crippen LogP contribution is 2.37. The van der Waals surface area contributed by atoms with Gasteiger partial charge in [-0.15, -0.1) is 0 Å². The van der Waals surface area contributed by atoms with Crippen LogP contribution in [0.15, 0.2) is 18.2 Å². The lowest BCUT2D eigenvalue weighted by atomic mass is 9.81. The summed E-state index contributed by atoms with van der Waals surface area (Å²) in [4.78, 5) is 49.1. The summed E-state index contributed by atoms with van der Waals surface area (Å²) in [6.45, 7) is -1.22. The van der Waals surface area contributed by atoms with Crippen LogP contribution < -0.4 is 5.32 Å². The van der Waals surface area contributed by atoms with Gasteiger partial charge in [0.1, 0.15) is 6.54 Å². The highest BCUT2D eigenvalue weighted by Gasteiger charge is 2.48. The summed E-state index contributed by atoms with van der Waals surface area (Å²) in [5, 5.41) is 2.25. The molecule has 1 aliphatic carbocycles. The zero-order valence-electron chi connectivity index (χ0n) is 14.4. The Morgan fingerprint density at radius 2 is 1.70 bits per heavy atom. The van der Waals surface area contributed by atoms with Gasteiger partial charge in [-0.25, -0.2) is 8.78 Å². The van der Waals surface area contributed by atoms with Crippen LogP contribution in [0.25, 0.3) is 0 Å². The Balaban J connectivity index is 1.49. The third-order valence-corrected chi connectivity index (χ3v) is 4.79. The van der Waals surface area contributed by atoms with E-state index in [-0.39, 0.29) is 29.3 Å². The van der Waals surface area contributed by atoms with Crippen LogP contribution in [-0.4, -0.2) is 41.7 Å². The van der Waals surface area contributed by atoms with E-state index in [0.29, 0.717) is 12.8 Å². The first kappa shape index (κ1) is 18.9. The summed E-state index contributed by atoms with van der Waals surface area (Å²) in [5.41, 5.74) is 0.00363. The van der Waals surface area contributed by atoms with E-state index in [0.717, 1.165) is 35.9 Å². The maximum absolute atomic E-state index is 13.1. The average molecular weight is 380 g/mol. The summed E-state index contributed by atoms with van der Waals surface area (Å²) >= 11 is 0. The number of ether oxygens (including phenoxy) is 1. The number of carbonyl (C=O) groups excluding carboxylic acids is 4. The Kier molecular flexibility index (Phi) is 5.48.